The molecular weight excluding hydrogens is 294 g/mol. The largest absolute Gasteiger partial charge is 0.492 e. The molecule has 1 aromatic carbocycles. The number of ether oxygens (including phenoxy) is 1. The van der Waals surface area contributed by atoms with Gasteiger partial charge in [0.2, 0.25) is 0 Å². The van der Waals surface area contributed by atoms with Crippen LogP contribution in [0.3, 0.4) is 0 Å². The van der Waals surface area contributed by atoms with E-state index in [0.29, 0.717) is 23.9 Å². The Morgan fingerprint density at radius 3 is 2.80 bits per heavy atom. The predicted molar refractivity (Wildman–Crippen MR) is 83.0 cm³/mol. The zero-order valence-corrected chi connectivity index (χ0v) is 13.0. The van der Waals surface area contributed by atoms with E-state index in [9.17, 15) is 4.79 Å². The predicted octanol–water partition coefficient (Wildman–Crippen LogP) is 3.86. The van der Waals surface area contributed by atoms with Gasteiger partial charge in [0, 0.05) is 16.9 Å². The molecule has 0 fully saturated rings. The summed E-state index contributed by atoms with van der Waals surface area (Å²) in [7, 11) is 1.78. The van der Waals surface area contributed by atoms with Gasteiger partial charge >= 0.3 is 0 Å². The highest BCUT2D eigenvalue weighted by atomic mass is 35.5. The summed E-state index contributed by atoms with van der Waals surface area (Å²) >= 11 is 7.38. The standard InChI is InChI=1S/C15H16ClNO2S/c1-11-6-7-14(20-11)15(18)17(2)8-9-19-13-5-3-4-12(16)10-13/h3-7,10H,8-9H2,1-2H3. The molecular formula is C15H16ClNO2S. The number of amides is 1. The molecule has 0 aliphatic carbocycles. The fraction of sp³-hybridized carbons (Fsp3) is 0.267. The summed E-state index contributed by atoms with van der Waals surface area (Å²) in [6.07, 6.45) is 0. The van der Waals surface area contributed by atoms with E-state index >= 15 is 0 Å². The number of aryl methyl sites for hydroxylation is 1. The Balaban J connectivity index is 1.83. The molecule has 3 nitrogen and oxygen atoms in total. The highest BCUT2D eigenvalue weighted by Crippen LogP contribution is 2.18. The minimum Gasteiger partial charge on any atom is -0.492 e. The number of likely N-dealkylation sites (N-methyl/N-ethyl adjacent to an activating group) is 1. The molecule has 20 heavy (non-hydrogen) atoms. The van der Waals surface area contributed by atoms with Crippen LogP contribution >= 0.6 is 22.9 Å². The van der Waals surface area contributed by atoms with Gasteiger partial charge in [-0.2, -0.15) is 0 Å². The van der Waals surface area contributed by atoms with E-state index in [0.717, 1.165) is 9.75 Å². The lowest BCUT2D eigenvalue weighted by Crippen LogP contribution is -2.30. The summed E-state index contributed by atoms with van der Waals surface area (Å²) in [5, 5.41) is 0.640. The molecule has 0 saturated heterocycles. The molecule has 0 aliphatic rings. The first-order valence-corrected chi connectivity index (χ1v) is 7.46. The summed E-state index contributed by atoms with van der Waals surface area (Å²) in [5.74, 6) is 0.739. The second-order valence-electron chi connectivity index (χ2n) is 4.44. The van der Waals surface area contributed by atoms with Gasteiger partial charge in [-0.25, -0.2) is 0 Å². The fourth-order valence-electron chi connectivity index (χ4n) is 1.70. The van der Waals surface area contributed by atoms with E-state index in [2.05, 4.69) is 0 Å². The number of benzene rings is 1. The molecule has 106 valence electrons. The van der Waals surface area contributed by atoms with E-state index in [-0.39, 0.29) is 5.91 Å². The van der Waals surface area contributed by atoms with Crippen molar-refractivity contribution in [1.29, 1.82) is 0 Å². The smallest absolute Gasteiger partial charge is 0.263 e. The van der Waals surface area contributed by atoms with Crippen LogP contribution in [0.4, 0.5) is 0 Å². The van der Waals surface area contributed by atoms with E-state index in [1.165, 1.54) is 11.3 Å². The highest BCUT2D eigenvalue weighted by Gasteiger charge is 2.13. The van der Waals surface area contributed by atoms with Crippen molar-refractivity contribution in [3.05, 3.63) is 51.2 Å². The van der Waals surface area contributed by atoms with Crippen LogP contribution in [-0.4, -0.2) is 31.0 Å². The van der Waals surface area contributed by atoms with Crippen LogP contribution in [0.1, 0.15) is 14.5 Å². The second-order valence-corrected chi connectivity index (χ2v) is 6.17. The van der Waals surface area contributed by atoms with Crippen LogP contribution in [-0.2, 0) is 0 Å². The molecule has 0 radical (unpaired) electrons. The number of nitrogens with zero attached hydrogens (tertiary/aromatic N) is 1. The lowest BCUT2D eigenvalue weighted by molar-refractivity contribution is 0.0778. The average molecular weight is 310 g/mol. The van der Waals surface area contributed by atoms with Crippen LogP contribution in [0.25, 0.3) is 0 Å². The first-order valence-electron chi connectivity index (χ1n) is 6.26. The van der Waals surface area contributed by atoms with Crippen molar-refractivity contribution in [3.8, 4) is 5.75 Å². The third-order valence-corrected chi connectivity index (χ3v) is 4.01. The number of carbonyl (C=O) groups excluding carboxylic acids is 1. The van der Waals surface area contributed by atoms with Crippen LogP contribution in [0.5, 0.6) is 5.75 Å². The minimum absolute atomic E-state index is 0.0257. The summed E-state index contributed by atoms with van der Waals surface area (Å²) in [6, 6.07) is 11.0. The maximum Gasteiger partial charge on any atom is 0.263 e. The zero-order chi connectivity index (χ0) is 14.5. The Hall–Kier alpha value is -1.52. The molecule has 1 heterocycles. The van der Waals surface area contributed by atoms with Gasteiger partial charge in [-0.05, 0) is 37.3 Å². The number of hydrogen-bond acceptors (Lipinski definition) is 3. The zero-order valence-electron chi connectivity index (χ0n) is 11.4. The number of rotatable bonds is 5. The number of halogens is 1. The lowest BCUT2D eigenvalue weighted by Gasteiger charge is -2.16. The third kappa shape index (κ3) is 3.99. The number of carbonyl (C=O) groups is 1. The molecule has 0 spiro atoms. The SMILES string of the molecule is Cc1ccc(C(=O)N(C)CCOc2cccc(Cl)c2)s1. The Labute approximate surface area is 127 Å². The van der Waals surface area contributed by atoms with E-state index in [4.69, 9.17) is 16.3 Å². The topological polar surface area (TPSA) is 29.5 Å². The molecule has 0 aliphatic heterocycles. The van der Waals surface area contributed by atoms with E-state index in [1.807, 2.05) is 31.2 Å². The third-order valence-electron chi connectivity index (χ3n) is 2.79. The number of thiophene rings is 1. The normalized spacial score (nSPS) is 10.3. The van der Waals surface area contributed by atoms with Crippen LogP contribution in [0, 0.1) is 6.92 Å². The molecule has 2 aromatic rings. The Morgan fingerprint density at radius 2 is 2.15 bits per heavy atom. The van der Waals surface area contributed by atoms with Gasteiger partial charge in [-0.1, -0.05) is 17.7 Å². The quantitative estimate of drug-likeness (QED) is 0.839. The summed E-state index contributed by atoms with van der Waals surface area (Å²) in [5.41, 5.74) is 0. The molecule has 1 amide bonds. The molecule has 0 atom stereocenters. The average Bonchev–Trinajstić information content (AvgIpc) is 2.84. The first-order chi connectivity index (χ1) is 9.56. The summed E-state index contributed by atoms with van der Waals surface area (Å²) in [4.78, 5) is 15.7. The summed E-state index contributed by atoms with van der Waals surface area (Å²) < 4.78 is 5.57. The van der Waals surface area contributed by atoms with Gasteiger partial charge in [-0.3, -0.25) is 4.79 Å². The van der Waals surface area contributed by atoms with Gasteiger partial charge in [0.25, 0.3) is 5.91 Å². The van der Waals surface area contributed by atoms with Crippen molar-refractivity contribution in [1.82, 2.24) is 4.90 Å². The van der Waals surface area contributed by atoms with Crippen LogP contribution < -0.4 is 4.74 Å². The molecule has 0 N–H and O–H groups in total. The van der Waals surface area contributed by atoms with Crippen molar-refractivity contribution in [3.63, 3.8) is 0 Å². The van der Waals surface area contributed by atoms with Gasteiger partial charge in [0.05, 0.1) is 11.4 Å². The minimum atomic E-state index is 0.0257. The van der Waals surface area contributed by atoms with Crippen molar-refractivity contribution >= 4 is 28.8 Å². The van der Waals surface area contributed by atoms with Crippen molar-refractivity contribution in [2.24, 2.45) is 0 Å². The maximum atomic E-state index is 12.1. The Morgan fingerprint density at radius 1 is 1.35 bits per heavy atom. The molecule has 2 rings (SSSR count). The molecule has 1 aromatic heterocycles. The second kappa shape index (κ2) is 6.77. The molecule has 0 unspecified atom stereocenters. The van der Waals surface area contributed by atoms with Crippen LogP contribution in [0.2, 0.25) is 5.02 Å². The fourth-order valence-corrected chi connectivity index (χ4v) is 2.74. The van der Waals surface area contributed by atoms with Gasteiger partial charge in [0.15, 0.2) is 0 Å². The molecule has 5 heteroatoms. The van der Waals surface area contributed by atoms with E-state index in [1.54, 1.807) is 24.1 Å². The lowest BCUT2D eigenvalue weighted by atomic mass is 10.3. The summed E-state index contributed by atoms with van der Waals surface area (Å²) in [6.45, 7) is 2.96. The van der Waals surface area contributed by atoms with Crippen molar-refractivity contribution < 1.29 is 9.53 Å². The van der Waals surface area contributed by atoms with Crippen molar-refractivity contribution in [2.75, 3.05) is 20.2 Å². The number of hydrogen-bond donors (Lipinski definition) is 0. The monoisotopic (exact) mass is 309 g/mol. The first kappa shape index (κ1) is 14.9. The van der Waals surface area contributed by atoms with Crippen LogP contribution in [0.15, 0.2) is 36.4 Å². The van der Waals surface area contributed by atoms with E-state index < -0.39 is 0 Å². The molecule has 0 bridgehead atoms. The van der Waals surface area contributed by atoms with Gasteiger partial charge < -0.3 is 9.64 Å². The van der Waals surface area contributed by atoms with Crippen molar-refractivity contribution in [2.45, 2.75) is 6.92 Å². The van der Waals surface area contributed by atoms with Gasteiger partial charge in [0.1, 0.15) is 12.4 Å². The Kier molecular flexibility index (Phi) is 5.04. The molecule has 0 saturated carbocycles. The Bertz CT molecular complexity index is 597. The highest BCUT2D eigenvalue weighted by molar-refractivity contribution is 7.13. The maximum absolute atomic E-state index is 12.1. The van der Waals surface area contributed by atoms with Gasteiger partial charge in [-0.15, -0.1) is 11.3 Å².